The van der Waals surface area contributed by atoms with Gasteiger partial charge in [0, 0.05) is 38.8 Å². The van der Waals surface area contributed by atoms with Crippen LogP contribution in [0, 0.1) is 0 Å². The fourth-order valence-electron chi connectivity index (χ4n) is 2.28. The number of aliphatic hydroxyl groups is 1. The molecule has 4 nitrogen and oxygen atoms in total. The van der Waals surface area contributed by atoms with Gasteiger partial charge in [-0.1, -0.05) is 6.92 Å². The molecule has 4 heteroatoms. The second kappa shape index (κ2) is 8.03. The lowest BCUT2D eigenvalue weighted by Crippen LogP contribution is -2.49. The molecule has 1 aliphatic heterocycles. The predicted molar refractivity (Wildman–Crippen MR) is 70.3 cm³/mol. The zero-order valence-electron chi connectivity index (χ0n) is 11.6. The Morgan fingerprint density at radius 1 is 1.47 bits per heavy atom. The molecule has 0 spiro atoms. The molecule has 1 fully saturated rings. The lowest BCUT2D eigenvalue weighted by molar-refractivity contribution is -0.0519. The number of rotatable bonds is 7. The molecule has 0 radical (unpaired) electrons. The van der Waals surface area contributed by atoms with E-state index in [1.165, 1.54) is 0 Å². The standard InChI is InChI=1S/C13H28N2O2/c1-4-14(6-5-8-16)10-13-11-15(12(2)3)7-9-17-13/h12-13,16H,4-11H2,1-3H3. The quantitative estimate of drug-likeness (QED) is 0.718. The highest BCUT2D eigenvalue weighted by atomic mass is 16.5. The Labute approximate surface area is 106 Å². The highest BCUT2D eigenvalue weighted by Crippen LogP contribution is 2.10. The number of hydrogen-bond acceptors (Lipinski definition) is 4. The fourth-order valence-corrected chi connectivity index (χ4v) is 2.28. The van der Waals surface area contributed by atoms with E-state index in [0.717, 1.165) is 45.8 Å². The molecule has 0 aliphatic carbocycles. The number of morpholine rings is 1. The largest absolute Gasteiger partial charge is 0.396 e. The summed E-state index contributed by atoms with van der Waals surface area (Å²) in [6.07, 6.45) is 1.18. The first kappa shape index (κ1) is 14.9. The Balaban J connectivity index is 2.33. The Morgan fingerprint density at radius 2 is 2.24 bits per heavy atom. The van der Waals surface area contributed by atoms with Crippen LogP contribution in [0.2, 0.25) is 0 Å². The molecular formula is C13H28N2O2. The van der Waals surface area contributed by atoms with Crippen molar-refractivity contribution in [3.05, 3.63) is 0 Å². The molecule has 1 unspecified atom stereocenters. The molecule has 17 heavy (non-hydrogen) atoms. The minimum absolute atomic E-state index is 0.278. The van der Waals surface area contributed by atoms with Crippen LogP contribution in [-0.4, -0.2) is 73.0 Å². The smallest absolute Gasteiger partial charge is 0.0829 e. The molecule has 1 saturated heterocycles. The molecule has 0 amide bonds. The first-order valence-corrected chi connectivity index (χ1v) is 6.86. The van der Waals surface area contributed by atoms with E-state index in [-0.39, 0.29) is 6.61 Å². The molecule has 102 valence electrons. The van der Waals surface area contributed by atoms with Crippen LogP contribution in [0.25, 0.3) is 0 Å². The van der Waals surface area contributed by atoms with E-state index < -0.39 is 0 Å². The highest BCUT2D eigenvalue weighted by Gasteiger charge is 2.23. The summed E-state index contributed by atoms with van der Waals surface area (Å²) >= 11 is 0. The van der Waals surface area contributed by atoms with E-state index in [4.69, 9.17) is 9.84 Å². The van der Waals surface area contributed by atoms with Gasteiger partial charge in [-0.25, -0.2) is 0 Å². The zero-order chi connectivity index (χ0) is 12.7. The van der Waals surface area contributed by atoms with Gasteiger partial charge < -0.3 is 14.7 Å². The monoisotopic (exact) mass is 244 g/mol. The highest BCUT2D eigenvalue weighted by molar-refractivity contribution is 4.76. The van der Waals surface area contributed by atoms with Crippen LogP contribution in [0.4, 0.5) is 0 Å². The van der Waals surface area contributed by atoms with Gasteiger partial charge in [-0.05, 0) is 26.8 Å². The molecule has 1 N–H and O–H groups in total. The van der Waals surface area contributed by atoms with E-state index in [1.807, 2.05) is 0 Å². The molecule has 1 aliphatic rings. The number of likely N-dealkylation sites (N-methyl/N-ethyl adjacent to an activating group) is 1. The molecule has 0 saturated carbocycles. The molecule has 0 bridgehead atoms. The normalized spacial score (nSPS) is 22.6. The average Bonchev–Trinajstić information content (AvgIpc) is 2.34. The average molecular weight is 244 g/mol. The molecule has 1 rings (SSSR count). The van der Waals surface area contributed by atoms with Gasteiger partial charge in [-0.15, -0.1) is 0 Å². The number of ether oxygens (including phenoxy) is 1. The van der Waals surface area contributed by atoms with Crippen molar-refractivity contribution in [2.75, 3.05) is 45.9 Å². The fraction of sp³-hybridized carbons (Fsp3) is 1.00. The van der Waals surface area contributed by atoms with E-state index in [2.05, 4.69) is 30.6 Å². The maximum Gasteiger partial charge on any atom is 0.0829 e. The SMILES string of the molecule is CCN(CCCO)CC1CN(C(C)C)CCO1. The zero-order valence-corrected chi connectivity index (χ0v) is 11.6. The first-order chi connectivity index (χ1) is 8.17. The molecular weight excluding hydrogens is 216 g/mol. The summed E-state index contributed by atoms with van der Waals surface area (Å²) in [6.45, 7) is 12.8. The molecule has 1 atom stereocenters. The summed E-state index contributed by atoms with van der Waals surface area (Å²) in [6, 6.07) is 0.605. The van der Waals surface area contributed by atoms with Crippen LogP contribution >= 0.6 is 0 Å². The van der Waals surface area contributed by atoms with Gasteiger partial charge in [0.1, 0.15) is 0 Å². The lowest BCUT2D eigenvalue weighted by atomic mass is 10.2. The van der Waals surface area contributed by atoms with Crippen molar-refractivity contribution in [2.45, 2.75) is 39.3 Å². The predicted octanol–water partition coefficient (Wildman–Crippen LogP) is 0.800. The van der Waals surface area contributed by atoms with E-state index in [0.29, 0.717) is 12.1 Å². The van der Waals surface area contributed by atoms with Crippen molar-refractivity contribution in [2.24, 2.45) is 0 Å². The summed E-state index contributed by atoms with van der Waals surface area (Å²) in [7, 11) is 0. The Bertz CT molecular complexity index is 200. The summed E-state index contributed by atoms with van der Waals surface area (Å²) < 4.78 is 5.82. The minimum Gasteiger partial charge on any atom is -0.396 e. The van der Waals surface area contributed by atoms with Crippen molar-refractivity contribution in [3.63, 3.8) is 0 Å². The van der Waals surface area contributed by atoms with Crippen LogP contribution in [0.15, 0.2) is 0 Å². The van der Waals surface area contributed by atoms with Crippen LogP contribution in [0.3, 0.4) is 0 Å². The topological polar surface area (TPSA) is 35.9 Å². The lowest BCUT2D eigenvalue weighted by Gasteiger charge is -2.37. The Kier molecular flexibility index (Phi) is 7.04. The van der Waals surface area contributed by atoms with Gasteiger partial charge in [0.25, 0.3) is 0 Å². The maximum atomic E-state index is 8.87. The summed E-state index contributed by atoms with van der Waals surface area (Å²) in [4.78, 5) is 4.85. The van der Waals surface area contributed by atoms with Gasteiger partial charge in [0.15, 0.2) is 0 Å². The molecule has 1 heterocycles. The van der Waals surface area contributed by atoms with Gasteiger partial charge in [-0.3, -0.25) is 4.90 Å². The van der Waals surface area contributed by atoms with Gasteiger partial charge in [0.05, 0.1) is 12.7 Å². The number of nitrogens with zero attached hydrogens (tertiary/aromatic N) is 2. The van der Waals surface area contributed by atoms with Gasteiger partial charge in [0.2, 0.25) is 0 Å². The minimum atomic E-state index is 0.278. The van der Waals surface area contributed by atoms with E-state index >= 15 is 0 Å². The summed E-state index contributed by atoms with van der Waals surface area (Å²) in [5.74, 6) is 0. The van der Waals surface area contributed by atoms with Crippen LogP contribution < -0.4 is 0 Å². The second-order valence-corrected chi connectivity index (χ2v) is 5.05. The van der Waals surface area contributed by atoms with Gasteiger partial charge >= 0.3 is 0 Å². The van der Waals surface area contributed by atoms with Crippen molar-refractivity contribution in [1.82, 2.24) is 9.80 Å². The first-order valence-electron chi connectivity index (χ1n) is 6.86. The van der Waals surface area contributed by atoms with E-state index in [1.54, 1.807) is 0 Å². The summed E-state index contributed by atoms with van der Waals surface area (Å²) in [5.41, 5.74) is 0. The van der Waals surface area contributed by atoms with Crippen molar-refractivity contribution in [3.8, 4) is 0 Å². The van der Waals surface area contributed by atoms with Crippen molar-refractivity contribution in [1.29, 1.82) is 0 Å². The number of aliphatic hydroxyl groups excluding tert-OH is 1. The number of hydrogen-bond donors (Lipinski definition) is 1. The van der Waals surface area contributed by atoms with E-state index in [9.17, 15) is 0 Å². The van der Waals surface area contributed by atoms with Crippen LogP contribution in [-0.2, 0) is 4.74 Å². The second-order valence-electron chi connectivity index (χ2n) is 5.05. The Hall–Kier alpha value is -0.160. The van der Waals surface area contributed by atoms with Gasteiger partial charge in [-0.2, -0.15) is 0 Å². The van der Waals surface area contributed by atoms with Crippen molar-refractivity contribution >= 4 is 0 Å². The third-order valence-electron chi connectivity index (χ3n) is 3.44. The van der Waals surface area contributed by atoms with Crippen molar-refractivity contribution < 1.29 is 9.84 Å². The Morgan fingerprint density at radius 3 is 2.82 bits per heavy atom. The third-order valence-corrected chi connectivity index (χ3v) is 3.44. The molecule has 0 aromatic rings. The molecule has 0 aromatic carbocycles. The summed E-state index contributed by atoms with van der Waals surface area (Å²) in [5, 5.41) is 8.87. The maximum absolute atomic E-state index is 8.87. The van der Waals surface area contributed by atoms with Crippen LogP contribution in [0.1, 0.15) is 27.2 Å². The third kappa shape index (κ3) is 5.34. The van der Waals surface area contributed by atoms with Crippen LogP contribution in [0.5, 0.6) is 0 Å². The molecule has 0 aromatic heterocycles.